The van der Waals surface area contributed by atoms with Gasteiger partial charge in [0.2, 0.25) is 5.91 Å². The van der Waals surface area contributed by atoms with Gasteiger partial charge < -0.3 is 15.5 Å². The van der Waals surface area contributed by atoms with E-state index < -0.39 is 12.1 Å². The van der Waals surface area contributed by atoms with E-state index in [1.54, 1.807) is 18.2 Å². The molecule has 0 saturated carbocycles. The zero-order chi connectivity index (χ0) is 21.4. The van der Waals surface area contributed by atoms with Crippen LogP contribution in [0.3, 0.4) is 0 Å². The third-order valence-electron chi connectivity index (χ3n) is 6.01. The molecular weight excluding hydrogens is 428 g/mol. The molecule has 1 aromatic carbocycles. The van der Waals surface area contributed by atoms with E-state index in [1.807, 2.05) is 11.8 Å². The van der Waals surface area contributed by atoms with Crippen LogP contribution in [-0.4, -0.2) is 53.5 Å². The highest BCUT2D eigenvalue weighted by Crippen LogP contribution is 2.44. The van der Waals surface area contributed by atoms with Gasteiger partial charge in [-0.15, -0.1) is 0 Å². The summed E-state index contributed by atoms with van der Waals surface area (Å²) in [6.45, 7) is 4.53. The standard InChI is InChI=1S/C21H24Cl2FN5O/c1-12-8-17(24)19-18(12)20(27-11-26-19)28-4-6-29(7-5-28)21(30)14(10-25)13-2-3-15(22)16(23)9-13/h2-3,9,11-12,14,17H,4-8,10,25H2,1H3/t12-,14?,17-/m1/s1. The lowest BCUT2D eigenvalue weighted by Crippen LogP contribution is -2.51. The Bertz CT molecular complexity index is 951. The van der Waals surface area contributed by atoms with Crippen LogP contribution in [0.1, 0.15) is 48.2 Å². The van der Waals surface area contributed by atoms with Crippen LogP contribution in [0.25, 0.3) is 0 Å². The zero-order valence-corrected chi connectivity index (χ0v) is 18.2. The predicted molar refractivity (Wildman–Crippen MR) is 116 cm³/mol. The molecule has 2 N–H and O–H groups in total. The Morgan fingerprint density at radius 1 is 1.23 bits per heavy atom. The molecule has 1 aliphatic carbocycles. The number of piperazine rings is 1. The summed E-state index contributed by atoms with van der Waals surface area (Å²) in [5, 5.41) is 0.850. The highest BCUT2D eigenvalue weighted by atomic mass is 35.5. The van der Waals surface area contributed by atoms with Crippen LogP contribution in [0.2, 0.25) is 10.0 Å². The first-order valence-corrected chi connectivity index (χ1v) is 10.8. The van der Waals surface area contributed by atoms with E-state index in [1.165, 1.54) is 6.33 Å². The van der Waals surface area contributed by atoms with Gasteiger partial charge in [0, 0.05) is 38.3 Å². The third kappa shape index (κ3) is 3.86. The Hall–Kier alpha value is -1.96. The summed E-state index contributed by atoms with van der Waals surface area (Å²) in [5.74, 6) is 0.379. The number of nitrogens with two attached hydrogens (primary N) is 1. The molecule has 30 heavy (non-hydrogen) atoms. The summed E-state index contributed by atoms with van der Waals surface area (Å²) >= 11 is 12.1. The molecule has 0 spiro atoms. The summed E-state index contributed by atoms with van der Waals surface area (Å²) in [4.78, 5) is 25.7. The summed E-state index contributed by atoms with van der Waals surface area (Å²) in [5.41, 5.74) is 8.09. The van der Waals surface area contributed by atoms with Crippen LogP contribution in [0.15, 0.2) is 24.5 Å². The summed E-state index contributed by atoms with van der Waals surface area (Å²) in [6.07, 6.45) is 0.850. The van der Waals surface area contributed by atoms with Gasteiger partial charge in [-0.25, -0.2) is 14.4 Å². The Balaban J connectivity index is 1.47. The van der Waals surface area contributed by atoms with Gasteiger partial charge in [0.05, 0.1) is 21.7 Å². The highest BCUT2D eigenvalue weighted by Gasteiger charge is 2.35. The van der Waals surface area contributed by atoms with Crippen molar-refractivity contribution >= 4 is 34.9 Å². The van der Waals surface area contributed by atoms with Crippen molar-refractivity contribution in [1.29, 1.82) is 0 Å². The number of alkyl halides is 1. The molecule has 6 nitrogen and oxygen atoms in total. The number of halogens is 3. The maximum Gasteiger partial charge on any atom is 0.231 e. The molecular formula is C21H24Cl2FN5O. The van der Waals surface area contributed by atoms with Crippen molar-refractivity contribution in [3.05, 3.63) is 51.4 Å². The topological polar surface area (TPSA) is 75.4 Å². The first-order valence-electron chi connectivity index (χ1n) is 10.1. The molecule has 2 heterocycles. The molecule has 2 aromatic rings. The van der Waals surface area contributed by atoms with Crippen molar-refractivity contribution in [2.75, 3.05) is 37.6 Å². The second kappa shape index (κ2) is 8.65. The lowest BCUT2D eigenvalue weighted by molar-refractivity contribution is -0.132. The van der Waals surface area contributed by atoms with Crippen molar-refractivity contribution in [2.24, 2.45) is 5.73 Å². The minimum Gasteiger partial charge on any atom is -0.353 e. The Labute approximate surface area is 185 Å². The Kier molecular flexibility index (Phi) is 6.14. The van der Waals surface area contributed by atoms with Gasteiger partial charge in [-0.2, -0.15) is 0 Å². The summed E-state index contributed by atoms with van der Waals surface area (Å²) in [7, 11) is 0. The van der Waals surface area contributed by atoms with Gasteiger partial charge in [-0.3, -0.25) is 4.79 Å². The first-order chi connectivity index (χ1) is 14.4. The van der Waals surface area contributed by atoms with Crippen molar-refractivity contribution < 1.29 is 9.18 Å². The van der Waals surface area contributed by atoms with Crippen molar-refractivity contribution in [3.63, 3.8) is 0 Å². The first kappa shape index (κ1) is 21.3. The Morgan fingerprint density at radius 3 is 2.63 bits per heavy atom. The average Bonchev–Trinajstić information content (AvgIpc) is 3.05. The molecule has 4 rings (SSSR count). The largest absolute Gasteiger partial charge is 0.353 e. The molecule has 1 fully saturated rings. The zero-order valence-electron chi connectivity index (χ0n) is 16.7. The van der Waals surface area contributed by atoms with E-state index in [0.29, 0.717) is 48.3 Å². The van der Waals surface area contributed by atoms with Crippen LogP contribution in [0.5, 0.6) is 0 Å². The van der Waals surface area contributed by atoms with Gasteiger partial charge >= 0.3 is 0 Å². The molecule has 2 aliphatic rings. The SMILES string of the molecule is C[C@@H]1C[C@@H](F)c2ncnc(N3CCN(C(=O)C(CN)c4ccc(Cl)c(Cl)c4)CC3)c21. The molecule has 1 aromatic heterocycles. The van der Waals surface area contributed by atoms with Crippen molar-refractivity contribution in [3.8, 4) is 0 Å². The minimum atomic E-state index is -1.03. The summed E-state index contributed by atoms with van der Waals surface area (Å²) in [6, 6.07) is 5.18. The van der Waals surface area contributed by atoms with Gasteiger partial charge in [-0.1, -0.05) is 36.2 Å². The van der Waals surface area contributed by atoms with Crippen LogP contribution in [-0.2, 0) is 4.79 Å². The second-order valence-corrected chi connectivity index (χ2v) is 8.69. The van der Waals surface area contributed by atoms with Gasteiger partial charge in [-0.05, 0) is 30.0 Å². The number of nitrogens with zero attached hydrogens (tertiary/aromatic N) is 4. The number of carbonyl (C=O) groups excluding carboxylic acids is 1. The van der Waals surface area contributed by atoms with E-state index in [0.717, 1.165) is 16.9 Å². The van der Waals surface area contributed by atoms with Gasteiger partial charge in [0.1, 0.15) is 18.3 Å². The van der Waals surface area contributed by atoms with E-state index in [9.17, 15) is 9.18 Å². The number of aromatic nitrogens is 2. The van der Waals surface area contributed by atoms with E-state index in [-0.39, 0.29) is 18.4 Å². The van der Waals surface area contributed by atoms with E-state index in [4.69, 9.17) is 28.9 Å². The number of benzene rings is 1. The predicted octanol–water partition coefficient (Wildman–Crippen LogP) is 3.69. The van der Waals surface area contributed by atoms with Crippen molar-refractivity contribution in [1.82, 2.24) is 14.9 Å². The average molecular weight is 452 g/mol. The number of rotatable bonds is 4. The smallest absolute Gasteiger partial charge is 0.231 e. The quantitative estimate of drug-likeness (QED) is 0.766. The lowest BCUT2D eigenvalue weighted by Gasteiger charge is -2.37. The molecule has 0 radical (unpaired) electrons. The lowest BCUT2D eigenvalue weighted by atomic mass is 9.97. The summed E-state index contributed by atoms with van der Waals surface area (Å²) < 4.78 is 14.2. The number of hydrogen-bond donors (Lipinski definition) is 1. The van der Waals surface area contributed by atoms with Gasteiger partial charge in [0.25, 0.3) is 0 Å². The molecule has 1 unspecified atom stereocenters. The molecule has 1 aliphatic heterocycles. The highest BCUT2D eigenvalue weighted by molar-refractivity contribution is 6.42. The molecule has 9 heteroatoms. The molecule has 1 saturated heterocycles. The number of hydrogen-bond acceptors (Lipinski definition) is 5. The molecule has 160 valence electrons. The molecule has 0 bridgehead atoms. The monoisotopic (exact) mass is 451 g/mol. The van der Waals surface area contributed by atoms with E-state index >= 15 is 0 Å². The fourth-order valence-corrected chi connectivity index (χ4v) is 4.69. The van der Waals surface area contributed by atoms with E-state index in [2.05, 4.69) is 14.9 Å². The molecule has 3 atom stereocenters. The number of amides is 1. The normalized spacial score (nSPS) is 22.2. The number of fused-ring (bicyclic) bond motifs is 1. The second-order valence-electron chi connectivity index (χ2n) is 7.87. The van der Waals surface area contributed by atoms with Crippen LogP contribution in [0, 0.1) is 0 Å². The maximum absolute atomic E-state index is 14.2. The number of anilines is 1. The maximum atomic E-state index is 14.2. The minimum absolute atomic E-state index is 0.0272. The fourth-order valence-electron chi connectivity index (χ4n) is 4.38. The van der Waals surface area contributed by atoms with Crippen molar-refractivity contribution in [2.45, 2.75) is 31.4 Å². The van der Waals surface area contributed by atoms with Crippen LogP contribution < -0.4 is 10.6 Å². The Morgan fingerprint density at radius 2 is 1.97 bits per heavy atom. The number of carbonyl (C=O) groups is 1. The van der Waals surface area contributed by atoms with Crippen LogP contribution >= 0.6 is 23.2 Å². The molecule has 1 amide bonds. The third-order valence-corrected chi connectivity index (χ3v) is 6.75. The van der Waals surface area contributed by atoms with Crippen LogP contribution in [0.4, 0.5) is 10.2 Å². The fraction of sp³-hybridized carbons (Fsp3) is 0.476. The van der Waals surface area contributed by atoms with Gasteiger partial charge in [0.15, 0.2) is 0 Å².